The summed E-state index contributed by atoms with van der Waals surface area (Å²) in [5, 5.41) is 3.31. The molecule has 0 saturated carbocycles. The predicted molar refractivity (Wildman–Crippen MR) is 139 cm³/mol. The van der Waals surface area contributed by atoms with E-state index in [1.807, 2.05) is 18.2 Å². The number of esters is 1. The first-order valence-corrected chi connectivity index (χ1v) is 11.4. The Labute approximate surface area is 213 Å². The molecule has 7 nitrogen and oxygen atoms in total. The van der Waals surface area contributed by atoms with Gasteiger partial charge in [0.2, 0.25) is 5.78 Å². The zero-order valence-electron chi connectivity index (χ0n) is 19.7. The Morgan fingerprint density at radius 2 is 1.64 bits per heavy atom. The second-order valence-electron chi connectivity index (χ2n) is 7.89. The van der Waals surface area contributed by atoms with Gasteiger partial charge in [-0.05, 0) is 67.1 Å². The van der Waals surface area contributed by atoms with Crippen molar-refractivity contribution in [2.45, 2.75) is 6.92 Å². The molecule has 182 valence electrons. The van der Waals surface area contributed by atoms with Crippen molar-refractivity contribution in [1.29, 1.82) is 0 Å². The van der Waals surface area contributed by atoms with Crippen molar-refractivity contribution in [3.05, 3.63) is 106 Å². The minimum Gasteiger partial charge on any atom is -0.484 e. The van der Waals surface area contributed by atoms with Crippen molar-refractivity contribution in [3.63, 3.8) is 0 Å². The standard InChI is InChI=1S/C28H23ClN2O5/c1-18-26(28(34)35-2)27(33)24(31(18)22-12-10-20(29)11-13-22)16-19-8-14-23(15-9-19)36-17-25(32)30-21-6-4-3-5-7-21/h3-16H,17H2,1-2H3,(H,30,32)/b24-16-. The molecule has 0 aliphatic carbocycles. The zero-order valence-corrected chi connectivity index (χ0v) is 20.4. The highest BCUT2D eigenvalue weighted by Gasteiger charge is 2.38. The second-order valence-corrected chi connectivity index (χ2v) is 8.33. The number of Topliss-reactive ketones (excluding diaryl/α,β-unsaturated/α-hetero) is 1. The first kappa shape index (κ1) is 24.8. The van der Waals surface area contributed by atoms with E-state index in [1.54, 1.807) is 78.6 Å². The van der Waals surface area contributed by atoms with Gasteiger partial charge in [-0.1, -0.05) is 41.9 Å². The van der Waals surface area contributed by atoms with Crippen molar-refractivity contribution >= 4 is 46.7 Å². The van der Waals surface area contributed by atoms with Crippen LogP contribution in [0.15, 0.2) is 95.8 Å². The van der Waals surface area contributed by atoms with Crippen LogP contribution in [0.5, 0.6) is 5.75 Å². The van der Waals surface area contributed by atoms with Gasteiger partial charge in [0.05, 0.1) is 12.8 Å². The normalized spacial score (nSPS) is 14.2. The van der Waals surface area contributed by atoms with E-state index < -0.39 is 11.8 Å². The van der Waals surface area contributed by atoms with E-state index in [0.29, 0.717) is 39.1 Å². The zero-order chi connectivity index (χ0) is 25.7. The van der Waals surface area contributed by atoms with Crippen LogP contribution in [-0.2, 0) is 19.1 Å². The maximum atomic E-state index is 13.2. The van der Waals surface area contributed by atoms with Crippen molar-refractivity contribution in [2.24, 2.45) is 0 Å². The molecule has 1 amide bonds. The minimum atomic E-state index is -0.697. The first-order valence-electron chi connectivity index (χ1n) is 11.1. The number of hydrogen-bond donors (Lipinski definition) is 1. The molecule has 0 unspecified atom stereocenters. The van der Waals surface area contributed by atoms with Crippen LogP contribution in [0.25, 0.3) is 6.08 Å². The number of amides is 1. The minimum absolute atomic E-state index is 0.0249. The topological polar surface area (TPSA) is 84.9 Å². The van der Waals surface area contributed by atoms with Gasteiger partial charge in [-0.25, -0.2) is 4.79 Å². The van der Waals surface area contributed by atoms with E-state index in [0.717, 1.165) is 0 Å². The highest BCUT2D eigenvalue weighted by atomic mass is 35.5. The molecule has 0 bridgehead atoms. The van der Waals surface area contributed by atoms with E-state index in [2.05, 4.69) is 5.32 Å². The van der Waals surface area contributed by atoms with E-state index in [1.165, 1.54) is 7.11 Å². The molecular formula is C28H23ClN2O5. The molecule has 0 atom stereocenters. The summed E-state index contributed by atoms with van der Waals surface area (Å²) in [5.41, 5.74) is 2.81. The lowest BCUT2D eigenvalue weighted by Crippen LogP contribution is -2.20. The van der Waals surface area contributed by atoms with Gasteiger partial charge in [-0.15, -0.1) is 0 Å². The highest BCUT2D eigenvalue weighted by Crippen LogP contribution is 2.36. The van der Waals surface area contributed by atoms with E-state index in [-0.39, 0.29) is 18.1 Å². The van der Waals surface area contributed by atoms with Crippen LogP contribution in [0.2, 0.25) is 5.02 Å². The molecule has 1 heterocycles. The van der Waals surface area contributed by atoms with Gasteiger partial charge in [-0.3, -0.25) is 9.59 Å². The molecule has 0 aromatic heterocycles. The molecule has 1 aliphatic heterocycles. The molecule has 36 heavy (non-hydrogen) atoms. The van der Waals surface area contributed by atoms with Crippen molar-refractivity contribution < 1.29 is 23.9 Å². The smallest absolute Gasteiger partial charge is 0.343 e. The molecule has 1 N–H and O–H groups in total. The van der Waals surface area contributed by atoms with Gasteiger partial charge in [0, 0.05) is 22.1 Å². The summed E-state index contributed by atoms with van der Waals surface area (Å²) in [5.74, 6) is -0.915. The Bertz CT molecular complexity index is 1350. The van der Waals surface area contributed by atoms with Gasteiger partial charge in [-0.2, -0.15) is 0 Å². The summed E-state index contributed by atoms with van der Waals surface area (Å²) in [6.07, 6.45) is 1.68. The number of benzene rings is 3. The maximum absolute atomic E-state index is 13.2. The van der Waals surface area contributed by atoms with Gasteiger partial charge >= 0.3 is 5.97 Å². The Morgan fingerprint density at radius 1 is 0.972 bits per heavy atom. The average molecular weight is 503 g/mol. The summed E-state index contributed by atoms with van der Waals surface area (Å²) >= 11 is 6.03. The number of carbonyl (C=O) groups is 3. The third kappa shape index (κ3) is 5.47. The number of anilines is 2. The molecule has 0 saturated heterocycles. The van der Waals surface area contributed by atoms with Gasteiger partial charge in [0.1, 0.15) is 11.3 Å². The average Bonchev–Trinajstić information content (AvgIpc) is 3.13. The second kappa shape index (κ2) is 10.9. The maximum Gasteiger partial charge on any atom is 0.343 e. The Kier molecular flexibility index (Phi) is 7.51. The van der Waals surface area contributed by atoms with Crippen LogP contribution in [0.1, 0.15) is 12.5 Å². The van der Waals surface area contributed by atoms with E-state index >= 15 is 0 Å². The number of allylic oxidation sites excluding steroid dienone is 2. The first-order chi connectivity index (χ1) is 17.4. The Balaban J connectivity index is 1.53. The lowest BCUT2D eigenvalue weighted by atomic mass is 10.1. The number of ketones is 1. The van der Waals surface area contributed by atoms with Crippen LogP contribution in [-0.4, -0.2) is 31.4 Å². The van der Waals surface area contributed by atoms with Crippen molar-refractivity contribution in [2.75, 3.05) is 23.9 Å². The third-order valence-electron chi connectivity index (χ3n) is 5.48. The lowest BCUT2D eigenvalue weighted by molar-refractivity contribution is -0.137. The Hall–Kier alpha value is -4.36. The van der Waals surface area contributed by atoms with Crippen LogP contribution in [0, 0.1) is 0 Å². The Morgan fingerprint density at radius 3 is 2.28 bits per heavy atom. The summed E-state index contributed by atoms with van der Waals surface area (Å²) in [6.45, 7) is 1.54. The molecule has 3 aromatic rings. The van der Waals surface area contributed by atoms with Crippen LogP contribution in [0.3, 0.4) is 0 Å². The number of halogens is 1. The predicted octanol–water partition coefficient (Wildman–Crippen LogP) is 5.23. The fourth-order valence-electron chi connectivity index (χ4n) is 3.77. The summed E-state index contributed by atoms with van der Waals surface area (Å²) in [6, 6.07) is 23.0. The SMILES string of the molecule is COC(=O)C1=C(C)N(c2ccc(Cl)cc2)/C(=C\c2ccc(OCC(=O)Nc3ccccc3)cc2)C1=O. The van der Waals surface area contributed by atoms with Crippen molar-refractivity contribution in [3.8, 4) is 5.75 Å². The fraction of sp³-hybridized carbons (Fsp3) is 0.107. The number of carbonyl (C=O) groups excluding carboxylic acids is 3. The van der Waals surface area contributed by atoms with Gasteiger partial charge < -0.3 is 19.7 Å². The van der Waals surface area contributed by atoms with Crippen LogP contribution in [0.4, 0.5) is 11.4 Å². The summed E-state index contributed by atoms with van der Waals surface area (Å²) in [4.78, 5) is 39.3. The van der Waals surface area contributed by atoms with Crippen LogP contribution < -0.4 is 15.0 Å². The number of ether oxygens (including phenoxy) is 2. The number of hydrogen-bond acceptors (Lipinski definition) is 6. The number of para-hydroxylation sites is 1. The monoisotopic (exact) mass is 502 g/mol. The lowest BCUT2D eigenvalue weighted by Gasteiger charge is -2.21. The van der Waals surface area contributed by atoms with Gasteiger partial charge in [0.25, 0.3) is 5.91 Å². The van der Waals surface area contributed by atoms with Crippen LogP contribution >= 0.6 is 11.6 Å². The summed E-state index contributed by atoms with van der Waals surface area (Å²) in [7, 11) is 1.24. The molecule has 1 aliphatic rings. The third-order valence-corrected chi connectivity index (χ3v) is 5.74. The number of rotatable bonds is 7. The molecule has 0 fully saturated rings. The van der Waals surface area contributed by atoms with E-state index in [9.17, 15) is 14.4 Å². The molecule has 4 rings (SSSR count). The molecule has 0 spiro atoms. The fourth-order valence-corrected chi connectivity index (χ4v) is 3.89. The van der Waals surface area contributed by atoms with Crippen molar-refractivity contribution in [1.82, 2.24) is 0 Å². The highest BCUT2D eigenvalue weighted by molar-refractivity contribution is 6.31. The molecule has 0 radical (unpaired) electrons. The van der Waals surface area contributed by atoms with E-state index in [4.69, 9.17) is 21.1 Å². The molecular weight excluding hydrogens is 480 g/mol. The number of methoxy groups -OCH3 is 1. The largest absolute Gasteiger partial charge is 0.484 e. The molecule has 3 aromatic carbocycles. The number of nitrogens with zero attached hydrogens (tertiary/aromatic N) is 1. The van der Waals surface area contributed by atoms with Gasteiger partial charge in [0.15, 0.2) is 6.61 Å². The quantitative estimate of drug-likeness (QED) is 0.270. The molecule has 8 heteroatoms. The number of nitrogens with one attached hydrogen (secondary N) is 1. The summed E-state index contributed by atoms with van der Waals surface area (Å²) < 4.78 is 10.4.